The molecule has 1 aliphatic rings. The first-order valence-corrected chi connectivity index (χ1v) is 8.45. The van der Waals surface area contributed by atoms with Crippen LogP contribution in [0.2, 0.25) is 0 Å². The summed E-state index contributed by atoms with van der Waals surface area (Å²) in [5.74, 6) is -2.58. The number of pyridine rings is 1. The lowest BCUT2D eigenvalue weighted by Crippen LogP contribution is -2.43. The number of nitrogens with zero attached hydrogens (tertiary/aromatic N) is 2. The maximum atomic E-state index is 13.3. The molecular formula is C19H19F2N3O2. The van der Waals surface area contributed by atoms with Gasteiger partial charge in [-0.15, -0.1) is 0 Å². The smallest absolute Gasteiger partial charge is 0.253 e. The van der Waals surface area contributed by atoms with Crippen molar-refractivity contribution in [2.24, 2.45) is 5.92 Å². The van der Waals surface area contributed by atoms with Gasteiger partial charge in [-0.05, 0) is 42.7 Å². The molecule has 7 heteroatoms. The van der Waals surface area contributed by atoms with Crippen LogP contribution in [0.4, 0.5) is 8.78 Å². The van der Waals surface area contributed by atoms with Crippen LogP contribution in [0, 0.1) is 17.6 Å². The van der Waals surface area contributed by atoms with Gasteiger partial charge in [0.2, 0.25) is 5.91 Å². The predicted octanol–water partition coefficient (Wildman–Crippen LogP) is 2.53. The molecule has 0 aliphatic carbocycles. The zero-order valence-corrected chi connectivity index (χ0v) is 14.1. The molecule has 136 valence electrons. The number of nitrogens with one attached hydrogen (secondary N) is 1. The van der Waals surface area contributed by atoms with Gasteiger partial charge in [0.1, 0.15) is 0 Å². The zero-order chi connectivity index (χ0) is 18.5. The lowest BCUT2D eigenvalue weighted by molar-refractivity contribution is -0.126. The van der Waals surface area contributed by atoms with Crippen LogP contribution < -0.4 is 5.32 Å². The second kappa shape index (κ2) is 8.03. The van der Waals surface area contributed by atoms with Gasteiger partial charge in [-0.25, -0.2) is 8.78 Å². The van der Waals surface area contributed by atoms with Gasteiger partial charge in [-0.2, -0.15) is 0 Å². The number of benzene rings is 1. The minimum Gasteiger partial charge on any atom is -0.352 e. The Morgan fingerprint density at radius 2 is 1.92 bits per heavy atom. The highest BCUT2D eigenvalue weighted by Gasteiger charge is 2.28. The molecule has 2 amide bonds. The molecule has 0 spiro atoms. The van der Waals surface area contributed by atoms with E-state index in [1.54, 1.807) is 17.3 Å². The topological polar surface area (TPSA) is 62.3 Å². The molecule has 1 N–H and O–H groups in total. The summed E-state index contributed by atoms with van der Waals surface area (Å²) in [6, 6.07) is 6.82. The van der Waals surface area contributed by atoms with Gasteiger partial charge in [0.25, 0.3) is 5.91 Å². The van der Waals surface area contributed by atoms with E-state index >= 15 is 0 Å². The minimum atomic E-state index is -1.04. The number of amides is 2. The fourth-order valence-corrected chi connectivity index (χ4v) is 2.99. The first kappa shape index (κ1) is 18.0. The summed E-state index contributed by atoms with van der Waals surface area (Å²) in [6.07, 6.45) is 4.44. The Bertz CT molecular complexity index is 791. The Morgan fingerprint density at radius 1 is 1.15 bits per heavy atom. The van der Waals surface area contributed by atoms with Crippen molar-refractivity contribution in [1.29, 1.82) is 0 Å². The molecule has 26 heavy (non-hydrogen) atoms. The third-order valence-corrected chi connectivity index (χ3v) is 4.51. The van der Waals surface area contributed by atoms with Gasteiger partial charge in [-0.1, -0.05) is 6.07 Å². The molecule has 0 atom stereocenters. The molecule has 0 bridgehead atoms. The lowest BCUT2D eigenvalue weighted by atomic mass is 9.95. The molecule has 0 unspecified atom stereocenters. The third-order valence-electron chi connectivity index (χ3n) is 4.51. The van der Waals surface area contributed by atoms with E-state index in [-0.39, 0.29) is 23.3 Å². The second-order valence-corrected chi connectivity index (χ2v) is 6.27. The molecule has 1 aromatic carbocycles. The first-order valence-electron chi connectivity index (χ1n) is 8.45. The van der Waals surface area contributed by atoms with Crippen LogP contribution in [-0.2, 0) is 11.3 Å². The van der Waals surface area contributed by atoms with Gasteiger partial charge in [0.05, 0.1) is 0 Å². The number of carbonyl (C=O) groups is 2. The van der Waals surface area contributed by atoms with Crippen molar-refractivity contribution in [2.75, 3.05) is 13.1 Å². The second-order valence-electron chi connectivity index (χ2n) is 6.27. The number of piperidine rings is 1. The fraction of sp³-hybridized carbons (Fsp3) is 0.316. The van der Waals surface area contributed by atoms with E-state index in [4.69, 9.17) is 0 Å². The number of carbonyl (C=O) groups excluding carboxylic acids is 2. The number of likely N-dealkylation sites (tertiary alicyclic amines) is 1. The van der Waals surface area contributed by atoms with E-state index in [2.05, 4.69) is 10.3 Å². The average molecular weight is 359 g/mol. The number of hydrogen-bond donors (Lipinski definition) is 1. The summed E-state index contributed by atoms with van der Waals surface area (Å²) in [5.41, 5.74) is 1.04. The van der Waals surface area contributed by atoms with Crippen molar-refractivity contribution in [2.45, 2.75) is 19.4 Å². The van der Waals surface area contributed by atoms with E-state index in [1.807, 2.05) is 12.1 Å². The largest absolute Gasteiger partial charge is 0.352 e. The number of rotatable bonds is 4. The zero-order valence-electron chi connectivity index (χ0n) is 14.1. The maximum Gasteiger partial charge on any atom is 0.253 e. The average Bonchev–Trinajstić information content (AvgIpc) is 2.68. The van der Waals surface area contributed by atoms with Gasteiger partial charge in [-0.3, -0.25) is 14.6 Å². The lowest BCUT2D eigenvalue weighted by Gasteiger charge is -2.31. The Morgan fingerprint density at radius 3 is 2.58 bits per heavy atom. The number of aromatic nitrogens is 1. The van der Waals surface area contributed by atoms with E-state index in [9.17, 15) is 18.4 Å². The molecule has 3 rings (SSSR count). The molecule has 1 aromatic heterocycles. The molecule has 5 nitrogen and oxygen atoms in total. The van der Waals surface area contributed by atoms with E-state index in [0.29, 0.717) is 32.5 Å². The van der Waals surface area contributed by atoms with Crippen LogP contribution in [0.25, 0.3) is 0 Å². The molecule has 0 saturated carbocycles. The van der Waals surface area contributed by atoms with Crippen molar-refractivity contribution in [3.8, 4) is 0 Å². The first-order chi connectivity index (χ1) is 12.5. The summed E-state index contributed by atoms with van der Waals surface area (Å²) >= 11 is 0. The maximum absolute atomic E-state index is 13.3. The number of hydrogen-bond acceptors (Lipinski definition) is 3. The molecular weight excluding hydrogens is 340 g/mol. The van der Waals surface area contributed by atoms with Crippen molar-refractivity contribution < 1.29 is 18.4 Å². The summed E-state index contributed by atoms with van der Waals surface area (Å²) in [4.78, 5) is 30.2. The Balaban J connectivity index is 1.51. The molecule has 0 radical (unpaired) electrons. The summed E-state index contributed by atoms with van der Waals surface area (Å²) in [6.45, 7) is 1.23. The fourth-order valence-electron chi connectivity index (χ4n) is 2.99. The molecule has 2 aromatic rings. The van der Waals surface area contributed by atoms with Crippen LogP contribution in [0.15, 0.2) is 42.7 Å². The van der Waals surface area contributed by atoms with Gasteiger partial charge in [0, 0.05) is 43.5 Å². The monoisotopic (exact) mass is 359 g/mol. The quantitative estimate of drug-likeness (QED) is 0.913. The Kier molecular flexibility index (Phi) is 5.55. The van der Waals surface area contributed by atoms with Gasteiger partial charge < -0.3 is 10.2 Å². The SMILES string of the molecule is O=C(NCc1cccnc1)C1CCN(C(=O)c2ccc(F)c(F)c2)CC1. The van der Waals surface area contributed by atoms with Crippen LogP contribution in [0.1, 0.15) is 28.8 Å². The molecule has 1 saturated heterocycles. The molecule has 1 aliphatic heterocycles. The van der Waals surface area contributed by atoms with Crippen LogP contribution >= 0.6 is 0 Å². The predicted molar refractivity (Wildman–Crippen MR) is 91.1 cm³/mol. The summed E-state index contributed by atoms with van der Waals surface area (Å²) in [7, 11) is 0. The van der Waals surface area contributed by atoms with E-state index in [1.165, 1.54) is 6.07 Å². The van der Waals surface area contributed by atoms with Crippen molar-refractivity contribution in [3.05, 3.63) is 65.5 Å². The Hall–Kier alpha value is -2.83. The van der Waals surface area contributed by atoms with Crippen molar-refractivity contribution in [1.82, 2.24) is 15.2 Å². The van der Waals surface area contributed by atoms with E-state index in [0.717, 1.165) is 17.7 Å². The minimum absolute atomic E-state index is 0.0474. The van der Waals surface area contributed by atoms with Crippen LogP contribution in [0.3, 0.4) is 0 Å². The van der Waals surface area contributed by atoms with E-state index < -0.39 is 11.6 Å². The van der Waals surface area contributed by atoms with Gasteiger partial charge >= 0.3 is 0 Å². The highest BCUT2D eigenvalue weighted by atomic mass is 19.2. The van der Waals surface area contributed by atoms with Crippen molar-refractivity contribution >= 4 is 11.8 Å². The molecule has 2 heterocycles. The van der Waals surface area contributed by atoms with Crippen LogP contribution in [-0.4, -0.2) is 34.8 Å². The Labute approximate surface area is 150 Å². The standard InChI is InChI=1S/C19H19F2N3O2/c20-16-4-3-15(10-17(16)21)19(26)24-8-5-14(6-9-24)18(25)23-12-13-2-1-7-22-11-13/h1-4,7,10-11,14H,5-6,8-9,12H2,(H,23,25). The number of halogens is 2. The van der Waals surface area contributed by atoms with Crippen LogP contribution in [0.5, 0.6) is 0 Å². The third kappa shape index (κ3) is 4.22. The highest BCUT2D eigenvalue weighted by Crippen LogP contribution is 2.20. The highest BCUT2D eigenvalue weighted by molar-refractivity contribution is 5.94. The van der Waals surface area contributed by atoms with Crippen molar-refractivity contribution in [3.63, 3.8) is 0 Å². The summed E-state index contributed by atoms with van der Waals surface area (Å²) in [5, 5.41) is 2.88. The molecule has 1 fully saturated rings. The normalized spacial score (nSPS) is 14.9. The summed E-state index contributed by atoms with van der Waals surface area (Å²) < 4.78 is 26.3. The van der Waals surface area contributed by atoms with Gasteiger partial charge in [0.15, 0.2) is 11.6 Å².